The van der Waals surface area contributed by atoms with Crippen molar-refractivity contribution in [3.63, 3.8) is 0 Å². The molecule has 33 heavy (non-hydrogen) atoms. The van der Waals surface area contributed by atoms with E-state index in [2.05, 4.69) is 32.9 Å². The summed E-state index contributed by atoms with van der Waals surface area (Å²) >= 11 is 2.20. The first-order chi connectivity index (χ1) is 16.0. The third-order valence-corrected chi connectivity index (χ3v) is 5.03. The SMILES string of the molecule is O=C(Nc1cc(Oc2cccnc2)cc([N+](=O)[O-])c1)c1ccc(COc2ccc(I)cc2)o1. The molecule has 10 heteroatoms. The number of rotatable bonds is 8. The van der Waals surface area contributed by atoms with E-state index in [1.165, 1.54) is 30.5 Å². The largest absolute Gasteiger partial charge is 0.486 e. The zero-order valence-corrected chi connectivity index (χ0v) is 19.1. The summed E-state index contributed by atoms with van der Waals surface area (Å²) in [5, 5.41) is 13.9. The van der Waals surface area contributed by atoms with E-state index in [0.29, 0.717) is 17.3 Å². The number of ether oxygens (including phenoxy) is 2. The molecule has 1 amide bonds. The number of nitrogens with one attached hydrogen (secondary N) is 1. The molecule has 0 aliphatic carbocycles. The Balaban J connectivity index is 1.45. The quantitative estimate of drug-likeness (QED) is 0.165. The molecule has 4 aromatic rings. The highest BCUT2D eigenvalue weighted by Crippen LogP contribution is 2.30. The predicted octanol–water partition coefficient (Wildman–Crippen LogP) is 5.81. The Labute approximate surface area is 201 Å². The van der Waals surface area contributed by atoms with Gasteiger partial charge in [0.15, 0.2) is 5.76 Å². The number of nitro benzene ring substituents is 1. The Bertz CT molecular complexity index is 1280. The first-order valence-corrected chi connectivity index (χ1v) is 10.7. The number of carbonyl (C=O) groups excluding carboxylic acids is 1. The van der Waals surface area contributed by atoms with Crippen LogP contribution in [0.15, 0.2) is 83.5 Å². The highest BCUT2D eigenvalue weighted by molar-refractivity contribution is 14.1. The van der Waals surface area contributed by atoms with Crippen LogP contribution in [0.5, 0.6) is 17.2 Å². The molecular weight excluding hydrogens is 541 g/mol. The second-order valence-corrected chi connectivity index (χ2v) is 7.97. The standard InChI is InChI=1S/C23H16IN3O6/c24-15-3-5-18(6-4-15)31-14-20-7-8-22(33-20)23(28)26-16-10-17(27(29)30)12-21(11-16)32-19-2-1-9-25-13-19/h1-13H,14H2,(H,26,28). The van der Waals surface area contributed by atoms with Crippen LogP contribution in [-0.2, 0) is 6.61 Å². The normalized spacial score (nSPS) is 10.5. The third kappa shape index (κ3) is 6.07. The predicted molar refractivity (Wildman–Crippen MR) is 128 cm³/mol. The van der Waals surface area contributed by atoms with Crippen molar-refractivity contribution >= 4 is 39.9 Å². The number of carbonyl (C=O) groups is 1. The summed E-state index contributed by atoms with van der Waals surface area (Å²) in [6.07, 6.45) is 3.05. The minimum absolute atomic E-state index is 0.0393. The van der Waals surface area contributed by atoms with Crippen LogP contribution >= 0.6 is 22.6 Å². The molecule has 2 heterocycles. The van der Waals surface area contributed by atoms with Gasteiger partial charge in [-0.2, -0.15) is 0 Å². The van der Waals surface area contributed by atoms with Gasteiger partial charge in [-0.3, -0.25) is 19.9 Å². The van der Waals surface area contributed by atoms with Crippen LogP contribution in [0.25, 0.3) is 0 Å². The van der Waals surface area contributed by atoms with Gasteiger partial charge in [0.05, 0.1) is 22.9 Å². The van der Waals surface area contributed by atoms with Crippen LogP contribution in [0.4, 0.5) is 11.4 Å². The molecule has 0 saturated heterocycles. The summed E-state index contributed by atoms with van der Waals surface area (Å²) < 4.78 is 17.9. The molecule has 0 fully saturated rings. The maximum Gasteiger partial charge on any atom is 0.291 e. The van der Waals surface area contributed by atoms with Crippen LogP contribution in [-0.4, -0.2) is 15.8 Å². The monoisotopic (exact) mass is 557 g/mol. The second-order valence-electron chi connectivity index (χ2n) is 6.73. The highest BCUT2D eigenvalue weighted by atomic mass is 127. The molecule has 2 aromatic carbocycles. The van der Waals surface area contributed by atoms with Crippen molar-refractivity contribution in [2.45, 2.75) is 6.61 Å². The summed E-state index contributed by atoms with van der Waals surface area (Å²) in [5.41, 5.74) is -0.0566. The summed E-state index contributed by atoms with van der Waals surface area (Å²) in [7, 11) is 0. The number of aromatic nitrogens is 1. The maximum atomic E-state index is 12.6. The topological polar surface area (TPSA) is 117 Å². The Kier molecular flexibility index (Phi) is 6.83. The number of nitrogens with zero attached hydrogens (tertiary/aromatic N) is 2. The van der Waals surface area contributed by atoms with Crippen LogP contribution in [0.2, 0.25) is 0 Å². The summed E-state index contributed by atoms with van der Waals surface area (Å²) in [6.45, 7) is 0.147. The zero-order chi connectivity index (χ0) is 23.2. The first-order valence-electron chi connectivity index (χ1n) is 9.62. The number of non-ortho nitro benzene ring substituents is 1. The molecule has 0 radical (unpaired) electrons. The summed E-state index contributed by atoms with van der Waals surface area (Å²) in [4.78, 5) is 27.3. The number of benzene rings is 2. The van der Waals surface area contributed by atoms with Crippen LogP contribution in [0.3, 0.4) is 0 Å². The maximum absolute atomic E-state index is 12.6. The van der Waals surface area contributed by atoms with E-state index in [1.54, 1.807) is 24.4 Å². The van der Waals surface area contributed by atoms with Crippen molar-refractivity contribution in [1.29, 1.82) is 0 Å². The van der Waals surface area contributed by atoms with Gasteiger partial charge < -0.3 is 19.2 Å². The smallest absolute Gasteiger partial charge is 0.291 e. The van der Waals surface area contributed by atoms with Gasteiger partial charge in [-0.25, -0.2) is 0 Å². The second kappa shape index (κ2) is 10.1. The van der Waals surface area contributed by atoms with Gasteiger partial charge in [0.2, 0.25) is 0 Å². The van der Waals surface area contributed by atoms with E-state index in [1.807, 2.05) is 24.3 Å². The van der Waals surface area contributed by atoms with Gasteiger partial charge in [0.1, 0.15) is 29.6 Å². The first kappa shape index (κ1) is 22.3. The molecule has 0 bridgehead atoms. The number of hydrogen-bond donors (Lipinski definition) is 1. The Morgan fingerprint density at radius 1 is 1.06 bits per heavy atom. The summed E-state index contributed by atoms with van der Waals surface area (Å²) in [6, 6.07) is 18.0. The summed E-state index contributed by atoms with van der Waals surface area (Å²) in [5.74, 6) is 1.19. The van der Waals surface area contributed by atoms with E-state index < -0.39 is 10.8 Å². The van der Waals surface area contributed by atoms with Crippen molar-refractivity contribution in [2.24, 2.45) is 0 Å². The molecule has 166 valence electrons. The molecule has 0 unspecified atom stereocenters. The van der Waals surface area contributed by atoms with Gasteiger partial charge in [0.25, 0.3) is 11.6 Å². The molecule has 4 rings (SSSR count). The van der Waals surface area contributed by atoms with Crippen LogP contribution < -0.4 is 14.8 Å². The highest BCUT2D eigenvalue weighted by Gasteiger charge is 2.16. The van der Waals surface area contributed by atoms with Gasteiger partial charge in [-0.05, 0) is 71.1 Å². The lowest BCUT2D eigenvalue weighted by molar-refractivity contribution is -0.384. The van der Waals surface area contributed by atoms with E-state index in [0.717, 1.165) is 3.57 Å². The van der Waals surface area contributed by atoms with Crippen molar-refractivity contribution in [2.75, 3.05) is 5.32 Å². The molecule has 9 nitrogen and oxygen atoms in total. The fraction of sp³-hybridized carbons (Fsp3) is 0.0435. The minimum atomic E-state index is -0.571. The third-order valence-electron chi connectivity index (χ3n) is 4.31. The molecule has 0 aliphatic heterocycles. The number of pyridine rings is 1. The van der Waals surface area contributed by atoms with E-state index in [9.17, 15) is 14.9 Å². The lowest BCUT2D eigenvalue weighted by Crippen LogP contribution is -2.11. The number of furan rings is 1. The minimum Gasteiger partial charge on any atom is -0.486 e. The number of amides is 1. The van der Waals surface area contributed by atoms with E-state index >= 15 is 0 Å². The molecular formula is C23H16IN3O6. The number of halogens is 1. The van der Waals surface area contributed by atoms with Crippen molar-refractivity contribution in [3.8, 4) is 17.2 Å². The molecule has 0 atom stereocenters. The Morgan fingerprint density at radius 2 is 1.88 bits per heavy atom. The molecule has 2 aromatic heterocycles. The zero-order valence-electron chi connectivity index (χ0n) is 16.9. The van der Waals surface area contributed by atoms with Gasteiger partial charge in [-0.15, -0.1) is 0 Å². The lowest BCUT2D eigenvalue weighted by Gasteiger charge is -2.08. The van der Waals surface area contributed by atoms with Crippen molar-refractivity contribution < 1.29 is 23.6 Å². The van der Waals surface area contributed by atoms with Crippen molar-refractivity contribution in [3.05, 3.63) is 104 Å². The van der Waals surface area contributed by atoms with Gasteiger partial charge in [-0.1, -0.05) is 0 Å². The number of anilines is 1. The Hall–Kier alpha value is -3.93. The lowest BCUT2D eigenvalue weighted by atomic mass is 10.2. The molecule has 0 saturated carbocycles. The molecule has 1 N–H and O–H groups in total. The number of hydrogen-bond acceptors (Lipinski definition) is 7. The fourth-order valence-electron chi connectivity index (χ4n) is 2.82. The van der Waals surface area contributed by atoms with E-state index in [4.69, 9.17) is 13.9 Å². The van der Waals surface area contributed by atoms with Gasteiger partial charge in [0, 0.05) is 21.9 Å². The average Bonchev–Trinajstić information content (AvgIpc) is 3.28. The van der Waals surface area contributed by atoms with Crippen molar-refractivity contribution in [1.82, 2.24) is 4.98 Å². The Morgan fingerprint density at radius 3 is 2.61 bits per heavy atom. The van der Waals surface area contributed by atoms with Crippen LogP contribution in [0.1, 0.15) is 16.3 Å². The number of nitro groups is 1. The van der Waals surface area contributed by atoms with E-state index in [-0.39, 0.29) is 29.5 Å². The average molecular weight is 557 g/mol. The van der Waals surface area contributed by atoms with Crippen LogP contribution in [0, 0.1) is 13.7 Å². The fourth-order valence-corrected chi connectivity index (χ4v) is 3.18. The molecule has 0 spiro atoms. The molecule has 0 aliphatic rings. The van der Waals surface area contributed by atoms with Gasteiger partial charge >= 0.3 is 0 Å².